The lowest BCUT2D eigenvalue weighted by Crippen LogP contribution is -2.14. The van der Waals surface area contributed by atoms with E-state index in [4.69, 9.17) is 10.5 Å². The molecule has 150 valence electrons. The number of hydrogen-bond acceptors (Lipinski definition) is 4. The van der Waals surface area contributed by atoms with Gasteiger partial charge in [-0.3, -0.25) is 4.79 Å². The highest BCUT2D eigenvalue weighted by Crippen LogP contribution is 2.43. The second-order valence-corrected chi connectivity index (χ2v) is 7.40. The van der Waals surface area contributed by atoms with Crippen molar-refractivity contribution >= 4 is 17.1 Å². The summed E-state index contributed by atoms with van der Waals surface area (Å²) in [7, 11) is 0. The highest BCUT2D eigenvalue weighted by Gasteiger charge is 2.28. The van der Waals surface area contributed by atoms with Crippen molar-refractivity contribution in [1.29, 1.82) is 0 Å². The molecule has 3 N–H and O–H groups in total. The van der Waals surface area contributed by atoms with E-state index < -0.39 is 5.91 Å². The quantitative estimate of drug-likeness (QED) is 0.522. The number of aromatic nitrogens is 2. The van der Waals surface area contributed by atoms with Crippen molar-refractivity contribution in [3.63, 3.8) is 0 Å². The zero-order valence-corrected chi connectivity index (χ0v) is 16.6. The molecule has 30 heavy (non-hydrogen) atoms. The number of primary amides is 1. The van der Waals surface area contributed by atoms with Crippen LogP contribution in [0.4, 0.5) is 5.69 Å². The third-order valence-electron chi connectivity index (χ3n) is 5.47. The van der Waals surface area contributed by atoms with Crippen molar-refractivity contribution in [2.45, 2.75) is 19.4 Å². The van der Waals surface area contributed by atoms with Crippen LogP contribution in [0.1, 0.15) is 40.9 Å². The Bertz CT molecular complexity index is 1240. The summed E-state index contributed by atoms with van der Waals surface area (Å²) in [5.74, 6) is 0.368. The van der Waals surface area contributed by atoms with Crippen LogP contribution in [0.15, 0.2) is 67.0 Å². The molecule has 1 amide bonds. The SMILES string of the molecule is CCCOc1ccc(C2Nc3ccccc3-c3c(C(N)=O)cnn4ccc2c34)cc1. The number of rotatable bonds is 5. The van der Waals surface area contributed by atoms with Crippen molar-refractivity contribution in [2.24, 2.45) is 5.73 Å². The number of ether oxygens (including phenoxy) is 1. The number of anilines is 1. The fourth-order valence-electron chi connectivity index (χ4n) is 4.10. The number of carbonyl (C=O) groups excluding carboxylic acids is 1. The van der Waals surface area contributed by atoms with E-state index in [1.165, 1.54) is 0 Å². The van der Waals surface area contributed by atoms with Crippen molar-refractivity contribution in [1.82, 2.24) is 9.61 Å². The number of carbonyl (C=O) groups is 1. The molecule has 2 aromatic carbocycles. The predicted octanol–water partition coefficient (Wildman–Crippen LogP) is 4.40. The molecule has 3 heterocycles. The third kappa shape index (κ3) is 2.88. The van der Waals surface area contributed by atoms with E-state index in [1.807, 2.05) is 53.2 Å². The summed E-state index contributed by atoms with van der Waals surface area (Å²) in [6, 6.07) is 18.0. The van der Waals surface area contributed by atoms with Gasteiger partial charge >= 0.3 is 0 Å². The van der Waals surface area contributed by atoms with Gasteiger partial charge in [0.1, 0.15) is 5.75 Å². The minimum Gasteiger partial charge on any atom is -0.494 e. The molecule has 0 fully saturated rings. The summed E-state index contributed by atoms with van der Waals surface area (Å²) in [5.41, 5.74) is 11.8. The molecule has 4 aromatic rings. The van der Waals surface area contributed by atoms with Gasteiger partial charge in [-0.25, -0.2) is 4.52 Å². The Kier molecular flexibility index (Phi) is 4.39. The fraction of sp³-hybridized carbons (Fsp3) is 0.167. The van der Waals surface area contributed by atoms with Crippen LogP contribution in [0.2, 0.25) is 0 Å². The monoisotopic (exact) mass is 398 g/mol. The van der Waals surface area contributed by atoms with E-state index in [1.54, 1.807) is 6.20 Å². The van der Waals surface area contributed by atoms with Crippen molar-refractivity contribution < 1.29 is 9.53 Å². The fourth-order valence-corrected chi connectivity index (χ4v) is 4.10. The van der Waals surface area contributed by atoms with Crippen LogP contribution in [0.3, 0.4) is 0 Å². The number of fused-ring (bicyclic) bond motifs is 2. The zero-order valence-electron chi connectivity index (χ0n) is 16.6. The minimum atomic E-state index is -0.488. The van der Waals surface area contributed by atoms with Gasteiger partial charge in [0.25, 0.3) is 5.91 Å². The van der Waals surface area contributed by atoms with Gasteiger partial charge in [-0.15, -0.1) is 0 Å². The van der Waals surface area contributed by atoms with Gasteiger partial charge in [-0.2, -0.15) is 5.10 Å². The van der Waals surface area contributed by atoms with Crippen molar-refractivity contribution in [3.05, 3.63) is 83.7 Å². The Balaban J connectivity index is 1.72. The Hall–Kier alpha value is -3.80. The molecule has 1 aliphatic heterocycles. The van der Waals surface area contributed by atoms with Crippen LogP contribution in [0.25, 0.3) is 16.6 Å². The topological polar surface area (TPSA) is 81.6 Å². The van der Waals surface area contributed by atoms with Crippen molar-refractivity contribution in [2.75, 3.05) is 11.9 Å². The molecule has 0 spiro atoms. The van der Waals surface area contributed by atoms with Crippen LogP contribution in [-0.4, -0.2) is 22.1 Å². The molecule has 0 saturated carbocycles. The third-order valence-corrected chi connectivity index (χ3v) is 5.47. The highest BCUT2D eigenvalue weighted by molar-refractivity contribution is 6.06. The summed E-state index contributed by atoms with van der Waals surface area (Å²) in [6.45, 7) is 2.79. The van der Waals surface area contributed by atoms with Gasteiger partial charge in [0.15, 0.2) is 0 Å². The number of nitrogens with zero attached hydrogens (tertiary/aromatic N) is 2. The molecular formula is C24H22N4O2. The number of nitrogens with one attached hydrogen (secondary N) is 1. The molecule has 1 aliphatic rings. The van der Waals surface area contributed by atoms with Crippen LogP contribution >= 0.6 is 0 Å². The normalized spacial score (nSPS) is 14.6. The lowest BCUT2D eigenvalue weighted by Gasteiger charge is -2.20. The zero-order chi connectivity index (χ0) is 20.7. The second-order valence-electron chi connectivity index (χ2n) is 7.40. The first-order valence-corrected chi connectivity index (χ1v) is 10.1. The van der Waals surface area contributed by atoms with Gasteiger partial charge in [0.2, 0.25) is 0 Å². The molecule has 2 aromatic heterocycles. The van der Waals surface area contributed by atoms with Gasteiger partial charge in [0.05, 0.1) is 29.9 Å². The van der Waals surface area contributed by atoms with Crippen molar-refractivity contribution in [3.8, 4) is 16.9 Å². The summed E-state index contributed by atoms with van der Waals surface area (Å²) in [5, 5.41) is 8.09. The molecule has 0 radical (unpaired) electrons. The largest absolute Gasteiger partial charge is 0.494 e. The van der Waals surface area contributed by atoms with Crippen LogP contribution in [0.5, 0.6) is 5.75 Å². The Labute approximate surface area is 174 Å². The maximum Gasteiger partial charge on any atom is 0.251 e. The summed E-state index contributed by atoms with van der Waals surface area (Å²) in [6.07, 6.45) is 4.43. The Morgan fingerprint density at radius 1 is 1.17 bits per heavy atom. The van der Waals surface area contributed by atoms with Crippen LogP contribution < -0.4 is 15.8 Å². The molecule has 1 atom stereocenters. The standard InChI is InChI=1S/C24H22N4O2/c1-2-13-30-16-9-7-15(8-10-16)22-18-11-12-28-23(18)21(19(14-26-28)24(25)29)17-5-3-4-6-20(17)27-22/h3-12,14,22,27H,2,13H2,1H3,(H2,25,29). The average Bonchev–Trinajstić information content (AvgIpc) is 3.13. The highest BCUT2D eigenvalue weighted by atomic mass is 16.5. The minimum absolute atomic E-state index is 0.109. The van der Waals surface area contributed by atoms with Gasteiger partial charge in [0, 0.05) is 28.6 Å². The average molecular weight is 398 g/mol. The van der Waals surface area contributed by atoms with E-state index in [9.17, 15) is 4.79 Å². The number of hydrogen-bond donors (Lipinski definition) is 2. The van der Waals surface area contributed by atoms with E-state index in [0.29, 0.717) is 12.2 Å². The summed E-state index contributed by atoms with van der Waals surface area (Å²) >= 11 is 0. The molecule has 6 nitrogen and oxygen atoms in total. The molecule has 5 rings (SSSR count). The summed E-state index contributed by atoms with van der Waals surface area (Å²) in [4.78, 5) is 12.2. The first-order valence-electron chi connectivity index (χ1n) is 10.1. The molecular weight excluding hydrogens is 376 g/mol. The molecule has 1 unspecified atom stereocenters. The molecule has 0 bridgehead atoms. The number of benzene rings is 2. The van der Waals surface area contributed by atoms with Gasteiger partial charge in [-0.05, 0) is 36.2 Å². The molecule has 6 heteroatoms. The summed E-state index contributed by atoms with van der Waals surface area (Å²) < 4.78 is 7.55. The maximum atomic E-state index is 12.2. The van der Waals surface area contributed by atoms with E-state index in [-0.39, 0.29) is 6.04 Å². The lowest BCUT2D eigenvalue weighted by molar-refractivity contribution is 0.100. The van der Waals surface area contributed by atoms with Crippen LogP contribution in [0, 0.1) is 0 Å². The van der Waals surface area contributed by atoms with Crippen LogP contribution in [-0.2, 0) is 0 Å². The van der Waals surface area contributed by atoms with E-state index in [2.05, 4.69) is 29.5 Å². The Morgan fingerprint density at radius 2 is 1.97 bits per heavy atom. The van der Waals surface area contributed by atoms with Gasteiger partial charge in [-0.1, -0.05) is 37.3 Å². The van der Waals surface area contributed by atoms with E-state index in [0.717, 1.165) is 45.6 Å². The number of para-hydroxylation sites is 1. The molecule has 0 saturated heterocycles. The first kappa shape index (κ1) is 18.2. The Morgan fingerprint density at radius 3 is 2.73 bits per heavy atom. The van der Waals surface area contributed by atoms with E-state index >= 15 is 0 Å². The first-order chi connectivity index (χ1) is 14.7. The lowest BCUT2D eigenvalue weighted by atomic mass is 9.96. The predicted molar refractivity (Wildman–Crippen MR) is 117 cm³/mol. The number of amides is 1. The number of nitrogens with two attached hydrogens (primary N) is 1. The smallest absolute Gasteiger partial charge is 0.251 e. The van der Waals surface area contributed by atoms with Gasteiger partial charge < -0.3 is 15.8 Å². The second kappa shape index (κ2) is 7.22. The molecule has 0 aliphatic carbocycles. The maximum absolute atomic E-state index is 12.2.